The van der Waals surface area contributed by atoms with Crippen LogP contribution in [-0.4, -0.2) is 40.5 Å². The first-order valence-corrected chi connectivity index (χ1v) is 6.96. The molecule has 0 aromatic heterocycles. The molecule has 1 aliphatic heterocycles. The molecule has 1 amide bonds. The normalized spacial score (nSPS) is 19.3. The van der Waals surface area contributed by atoms with E-state index in [1.54, 1.807) is 18.0 Å². The number of hydrogen-bond donors (Lipinski definition) is 1. The molecule has 0 bridgehead atoms. The van der Waals surface area contributed by atoms with Crippen molar-refractivity contribution >= 4 is 29.3 Å². The van der Waals surface area contributed by atoms with Crippen molar-refractivity contribution in [2.45, 2.75) is 12.5 Å². The lowest BCUT2D eigenvalue weighted by Gasteiger charge is -2.24. The van der Waals surface area contributed by atoms with Gasteiger partial charge in [0.2, 0.25) is 0 Å². The molecule has 1 saturated heterocycles. The molecule has 17 heavy (non-hydrogen) atoms. The number of amides is 1. The van der Waals surface area contributed by atoms with Gasteiger partial charge in [0.1, 0.15) is 5.75 Å². The maximum absolute atomic E-state index is 12.2. The summed E-state index contributed by atoms with van der Waals surface area (Å²) in [7, 11) is 1.78. The van der Waals surface area contributed by atoms with E-state index in [1.807, 2.05) is 11.8 Å². The Labute approximate surface area is 110 Å². The zero-order valence-electron chi connectivity index (χ0n) is 9.52. The topological polar surface area (TPSA) is 40.5 Å². The standard InChI is InChI=1S/C12H14ClNO2S/c1-14(9-4-5-17-7-9)12(16)10-6-8(13)2-3-11(10)15/h2-3,6,9,15H,4-5,7H2,1H3. The summed E-state index contributed by atoms with van der Waals surface area (Å²) in [5.41, 5.74) is 0.275. The first-order valence-electron chi connectivity index (χ1n) is 5.43. The van der Waals surface area contributed by atoms with Gasteiger partial charge in [-0.25, -0.2) is 0 Å². The molecule has 1 aromatic carbocycles. The molecule has 92 valence electrons. The van der Waals surface area contributed by atoms with E-state index < -0.39 is 0 Å². The molecule has 0 spiro atoms. The number of hydrogen-bond acceptors (Lipinski definition) is 3. The molecule has 1 fully saturated rings. The molecular formula is C12H14ClNO2S. The molecular weight excluding hydrogens is 258 g/mol. The lowest BCUT2D eigenvalue weighted by molar-refractivity contribution is 0.0745. The summed E-state index contributed by atoms with van der Waals surface area (Å²) < 4.78 is 0. The van der Waals surface area contributed by atoms with Crippen molar-refractivity contribution in [2.75, 3.05) is 18.6 Å². The van der Waals surface area contributed by atoms with Crippen LogP contribution in [0.15, 0.2) is 18.2 Å². The summed E-state index contributed by atoms with van der Waals surface area (Å²) in [6, 6.07) is 4.79. The molecule has 0 aliphatic carbocycles. The fourth-order valence-electron chi connectivity index (χ4n) is 1.86. The van der Waals surface area contributed by atoms with Crippen molar-refractivity contribution in [3.05, 3.63) is 28.8 Å². The summed E-state index contributed by atoms with van der Waals surface area (Å²) in [4.78, 5) is 13.9. The zero-order valence-corrected chi connectivity index (χ0v) is 11.1. The van der Waals surface area contributed by atoms with Crippen LogP contribution in [0.25, 0.3) is 0 Å². The predicted molar refractivity (Wildman–Crippen MR) is 70.9 cm³/mol. The number of rotatable bonds is 2. The molecule has 5 heteroatoms. The van der Waals surface area contributed by atoms with Crippen LogP contribution < -0.4 is 0 Å². The molecule has 1 aromatic rings. The number of benzene rings is 1. The lowest BCUT2D eigenvalue weighted by atomic mass is 10.1. The molecule has 1 aliphatic rings. The molecule has 1 atom stereocenters. The monoisotopic (exact) mass is 271 g/mol. The van der Waals surface area contributed by atoms with Crippen LogP contribution in [0.3, 0.4) is 0 Å². The van der Waals surface area contributed by atoms with Crippen LogP contribution in [0.4, 0.5) is 0 Å². The third-order valence-corrected chi connectivity index (χ3v) is 4.34. The number of thioether (sulfide) groups is 1. The van der Waals surface area contributed by atoms with Crippen molar-refractivity contribution in [2.24, 2.45) is 0 Å². The number of halogens is 1. The summed E-state index contributed by atoms with van der Waals surface area (Å²) in [5.74, 6) is 1.86. The number of carbonyl (C=O) groups excluding carboxylic acids is 1. The second-order valence-corrected chi connectivity index (χ2v) is 5.68. The Morgan fingerprint density at radius 2 is 2.35 bits per heavy atom. The summed E-state index contributed by atoms with van der Waals surface area (Å²) in [5, 5.41) is 10.1. The Morgan fingerprint density at radius 1 is 1.59 bits per heavy atom. The van der Waals surface area contributed by atoms with Gasteiger partial charge in [0.25, 0.3) is 5.91 Å². The minimum atomic E-state index is -0.169. The summed E-state index contributed by atoms with van der Waals surface area (Å²) in [6.07, 6.45) is 1.01. The van der Waals surface area contributed by atoms with Gasteiger partial charge in [-0.1, -0.05) is 11.6 Å². The highest BCUT2D eigenvalue weighted by Gasteiger charge is 2.26. The second-order valence-electron chi connectivity index (χ2n) is 4.09. The average molecular weight is 272 g/mol. The van der Waals surface area contributed by atoms with E-state index in [0.29, 0.717) is 5.02 Å². The van der Waals surface area contributed by atoms with Crippen LogP contribution in [0.2, 0.25) is 5.02 Å². The van der Waals surface area contributed by atoms with E-state index >= 15 is 0 Å². The van der Waals surface area contributed by atoms with Crippen LogP contribution in [0, 0.1) is 0 Å². The van der Waals surface area contributed by atoms with Gasteiger partial charge >= 0.3 is 0 Å². The largest absolute Gasteiger partial charge is 0.507 e. The number of phenols is 1. The molecule has 2 rings (SSSR count). The minimum absolute atomic E-state index is 0.0168. The molecule has 0 radical (unpaired) electrons. The molecule has 3 nitrogen and oxygen atoms in total. The highest BCUT2D eigenvalue weighted by molar-refractivity contribution is 7.99. The maximum Gasteiger partial charge on any atom is 0.257 e. The van der Waals surface area contributed by atoms with Gasteiger partial charge < -0.3 is 10.0 Å². The van der Waals surface area contributed by atoms with Crippen LogP contribution in [-0.2, 0) is 0 Å². The van der Waals surface area contributed by atoms with Crippen LogP contribution >= 0.6 is 23.4 Å². The highest BCUT2D eigenvalue weighted by Crippen LogP contribution is 2.26. The van der Waals surface area contributed by atoms with E-state index in [2.05, 4.69) is 0 Å². The van der Waals surface area contributed by atoms with Crippen molar-refractivity contribution in [1.82, 2.24) is 4.90 Å². The van der Waals surface area contributed by atoms with Crippen molar-refractivity contribution in [3.63, 3.8) is 0 Å². The Balaban J connectivity index is 2.20. The zero-order chi connectivity index (χ0) is 12.4. The van der Waals surface area contributed by atoms with E-state index in [4.69, 9.17) is 11.6 Å². The van der Waals surface area contributed by atoms with Gasteiger partial charge in [0.05, 0.1) is 5.56 Å². The SMILES string of the molecule is CN(C(=O)c1cc(Cl)ccc1O)C1CCSC1. The Kier molecular flexibility index (Phi) is 3.84. The number of aromatic hydroxyl groups is 1. The van der Waals surface area contributed by atoms with Gasteiger partial charge in [0.15, 0.2) is 0 Å². The first-order chi connectivity index (χ1) is 8.09. The van der Waals surface area contributed by atoms with Crippen LogP contribution in [0.1, 0.15) is 16.8 Å². The third kappa shape index (κ3) is 2.69. The van der Waals surface area contributed by atoms with E-state index in [0.717, 1.165) is 17.9 Å². The fraction of sp³-hybridized carbons (Fsp3) is 0.417. The third-order valence-electron chi connectivity index (χ3n) is 2.96. The summed E-state index contributed by atoms with van der Waals surface area (Å²) >= 11 is 7.69. The quantitative estimate of drug-likeness (QED) is 0.899. The van der Waals surface area contributed by atoms with Crippen molar-refractivity contribution in [1.29, 1.82) is 0 Å². The Bertz CT molecular complexity index is 433. The second kappa shape index (κ2) is 5.19. The number of phenolic OH excluding ortho intramolecular Hbond substituents is 1. The van der Waals surface area contributed by atoms with Crippen LogP contribution in [0.5, 0.6) is 5.75 Å². The Morgan fingerprint density at radius 3 is 3.00 bits per heavy atom. The van der Waals surface area contributed by atoms with Crippen molar-refractivity contribution < 1.29 is 9.90 Å². The smallest absolute Gasteiger partial charge is 0.257 e. The summed E-state index contributed by atoms with van der Waals surface area (Å²) in [6.45, 7) is 0. The molecule has 1 unspecified atom stereocenters. The first kappa shape index (κ1) is 12.6. The molecule has 1 N–H and O–H groups in total. The lowest BCUT2D eigenvalue weighted by Crippen LogP contribution is -2.37. The van der Waals surface area contributed by atoms with Gasteiger partial charge in [-0.05, 0) is 30.4 Å². The molecule has 0 saturated carbocycles. The maximum atomic E-state index is 12.2. The Hall–Kier alpha value is -0.870. The van der Waals surface area contributed by atoms with Gasteiger partial charge in [-0.3, -0.25) is 4.79 Å². The van der Waals surface area contributed by atoms with E-state index in [1.165, 1.54) is 12.1 Å². The van der Waals surface area contributed by atoms with Crippen molar-refractivity contribution in [3.8, 4) is 5.75 Å². The highest BCUT2D eigenvalue weighted by atomic mass is 35.5. The van der Waals surface area contributed by atoms with E-state index in [9.17, 15) is 9.90 Å². The fourth-order valence-corrected chi connectivity index (χ4v) is 3.30. The molecule has 1 heterocycles. The van der Waals surface area contributed by atoms with Gasteiger partial charge in [0, 0.05) is 23.9 Å². The van der Waals surface area contributed by atoms with Gasteiger partial charge in [-0.15, -0.1) is 0 Å². The minimum Gasteiger partial charge on any atom is -0.507 e. The average Bonchev–Trinajstić information content (AvgIpc) is 2.84. The number of nitrogens with zero attached hydrogens (tertiary/aromatic N) is 1. The van der Waals surface area contributed by atoms with Gasteiger partial charge in [-0.2, -0.15) is 11.8 Å². The van der Waals surface area contributed by atoms with E-state index in [-0.39, 0.29) is 23.3 Å². The predicted octanol–water partition coefficient (Wildman–Crippen LogP) is 2.62. The number of carbonyl (C=O) groups is 1.